The topological polar surface area (TPSA) is 140 Å². The number of carbonyl (C=O) groups excluding carboxylic acids is 3. The van der Waals surface area contributed by atoms with Gasteiger partial charge in [0.05, 0.1) is 23.4 Å². The van der Waals surface area contributed by atoms with Crippen LogP contribution < -0.4 is 10.0 Å². The molecule has 2 unspecified atom stereocenters. The SMILES string of the molecule is CC(C)C(NS(=O)(=O)c1ccc(F)cc1)C(=O)CC1Cn2cnc(n2)CCNC(=O)C1=O. The lowest BCUT2D eigenvalue weighted by molar-refractivity contribution is -0.141. The van der Waals surface area contributed by atoms with Gasteiger partial charge in [-0.3, -0.25) is 19.1 Å². The Morgan fingerprint density at radius 2 is 1.97 bits per heavy atom. The molecule has 0 fully saturated rings. The average Bonchev–Trinajstić information content (AvgIpc) is 3.17. The van der Waals surface area contributed by atoms with Gasteiger partial charge in [-0.15, -0.1) is 0 Å². The first-order valence-corrected chi connectivity index (χ1v) is 11.6. The third-order valence-corrected chi connectivity index (χ3v) is 6.54. The van der Waals surface area contributed by atoms with Gasteiger partial charge in [-0.05, 0) is 30.2 Å². The normalized spacial score (nSPS) is 18.3. The zero-order valence-corrected chi connectivity index (χ0v) is 18.4. The van der Waals surface area contributed by atoms with Crippen LogP contribution in [-0.2, 0) is 37.4 Å². The zero-order chi connectivity index (χ0) is 23.5. The van der Waals surface area contributed by atoms with E-state index in [1.165, 1.54) is 11.0 Å². The number of benzene rings is 1. The molecule has 10 nitrogen and oxygen atoms in total. The molecule has 0 saturated carbocycles. The van der Waals surface area contributed by atoms with E-state index >= 15 is 0 Å². The highest BCUT2D eigenvalue weighted by molar-refractivity contribution is 7.89. The standard InChI is InChI=1S/C20H24FN5O5S/c1-12(2)18(25-32(30,31)15-5-3-14(21)4-6-15)16(27)9-13-10-26-11-23-17(24-26)7-8-22-20(29)19(13)28/h3-6,11-13,18,25H,7-10H2,1-2H3,(H,22,29). The maximum Gasteiger partial charge on any atom is 0.287 e. The second-order valence-electron chi connectivity index (χ2n) is 7.92. The van der Waals surface area contributed by atoms with E-state index in [9.17, 15) is 27.2 Å². The summed E-state index contributed by atoms with van der Waals surface area (Å²) in [6, 6.07) is 3.05. The monoisotopic (exact) mass is 465 g/mol. The van der Waals surface area contributed by atoms with E-state index in [2.05, 4.69) is 20.1 Å². The molecule has 32 heavy (non-hydrogen) atoms. The molecule has 172 valence electrons. The lowest BCUT2D eigenvalue weighted by Gasteiger charge is -2.23. The number of aromatic nitrogens is 3. The number of hydrogen-bond acceptors (Lipinski definition) is 7. The molecule has 1 aliphatic heterocycles. The molecule has 1 amide bonds. The third kappa shape index (κ3) is 5.62. The Labute approximate surface area is 184 Å². The molecular formula is C20H24FN5O5S. The van der Waals surface area contributed by atoms with Crippen LogP contribution in [0.15, 0.2) is 35.5 Å². The van der Waals surface area contributed by atoms with Crippen molar-refractivity contribution in [3.8, 4) is 0 Å². The maximum atomic E-state index is 13.1. The number of ketones is 2. The molecule has 0 saturated heterocycles. The van der Waals surface area contributed by atoms with Gasteiger partial charge in [-0.1, -0.05) is 13.8 Å². The molecule has 2 aromatic rings. The number of nitrogens with one attached hydrogen (secondary N) is 2. The molecule has 2 atom stereocenters. The Bertz CT molecular complexity index is 1110. The fourth-order valence-corrected chi connectivity index (χ4v) is 4.72. The Kier molecular flexibility index (Phi) is 7.14. The van der Waals surface area contributed by atoms with Crippen LogP contribution in [-0.4, -0.2) is 53.2 Å². The van der Waals surface area contributed by atoms with Crippen molar-refractivity contribution in [2.75, 3.05) is 6.54 Å². The van der Waals surface area contributed by atoms with Gasteiger partial charge in [0.25, 0.3) is 5.91 Å². The number of carbonyl (C=O) groups is 3. The van der Waals surface area contributed by atoms with E-state index in [4.69, 9.17) is 0 Å². The summed E-state index contributed by atoms with van der Waals surface area (Å²) >= 11 is 0. The van der Waals surface area contributed by atoms with Crippen LogP contribution in [0.3, 0.4) is 0 Å². The van der Waals surface area contributed by atoms with Crippen molar-refractivity contribution in [1.82, 2.24) is 24.8 Å². The lowest BCUT2D eigenvalue weighted by Crippen LogP contribution is -2.46. The van der Waals surface area contributed by atoms with E-state index in [-0.39, 0.29) is 24.4 Å². The fourth-order valence-electron chi connectivity index (χ4n) is 3.35. The largest absolute Gasteiger partial charge is 0.349 e. The van der Waals surface area contributed by atoms with Crippen molar-refractivity contribution >= 4 is 27.5 Å². The summed E-state index contributed by atoms with van der Waals surface area (Å²) in [5, 5.41) is 6.71. The second kappa shape index (κ2) is 9.65. The molecule has 2 bridgehead atoms. The molecule has 0 spiro atoms. The smallest absolute Gasteiger partial charge is 0.287 e. The van der Waals surface area contributed by atoms with Crippen LogP contribution in [0, 0.1) is 17.7 Å². The van der Waals surface area contributed by atoms with Gasteiger partial charge in [0.1, 0.15) is 12.1 Å². The van der Waals surface area contributed by atoms with Gasteiger partial charge < -0.3 is 5.32 Å². The van der Waals surface area contributed by atoms with Gasteiger partial charge in [-0.25, -0.2) is 22.5 Å². The summed E-state index contributed by atoms with van der Waals surface area (Å²) in [5.41, 5.74) is 0. The zero-order valence-electron chi connectivity index (χ0n) is 17.6. The molecule has 2 N–H and O–H groups in total. The highest BCUT2D eigenvalue weighted by atomic mass is 32.2. The van der Waals surface area contributed by atoms with Gasteiger partial charge >= 0.3 is 0 Å². The minimum atomic E-state index is -4.12. The minimum absolute atomic E-state index is 0.0412. The van der Waals surface area contributed by atoms with E-state index in [1.807, 2.05) is 0 Å². The van der Waals surface area contributed by atoms with Crippen LogP contribution in [0.25, 0.3) is 0 Å². The number of rotatable bonds is 7. The minimum Gasteiger partial charge on any atom is -0.349 e. The summed E-state index contributed by atoms with van der Waals surface area (Å²) in [6.07, 6.45) is 1.43. The van der Waals surface area contributed by atoms with Gasteiger partial charge in [0, 0.05) is 19.4 Å². The van der Waals surface area contributed by atoms with Gasteiger partial charge in [-0.2, -0.15) is 5.10 Å². The summed E-state index contributed by atoms with van der Waals surface area (Å²) in [5.74, 6) is -3.71. The summed E-state index contributed by atoms with van der Waals surface area (Å²) in [7, 11) is -4.12. The second-order valence-corrected chi connectivity index (χ2v) is 9.63. The molecule has 0 aliphatic carbocycles. The van der Waals surface area contributed by atoms with E-state index in [1.54, 1.807) is 13.8 Å². The molecule has 12 heteroatoms. The number of nitrogens with zero attached hydrogens (tertiary/aromatic N) is 3. The highest BCUT2D eigenvalue weighted by Gasteiger charge is 2.34. The molecule has 2 heterocycles. The van der Waals surface area contributed by atoms with E-state index < -0.39 is 51.2 Å². The Morgan fingerprint density at radius 3 is 2.62 bits per heavy atom. The van der Waals surface area contributed by atoms with Crippen molar-refractivity contribution in [2.24, 2.45) is 11.8 Å². The van der Waals surface area contributed by atoms with Crippen LogP contribution in [0.4, 0.5) is 4.39 Å². The molecule has 1 aromatic carbocycles. The highest BCUT2D eigenvalue weighted by Crippen LogP contribution is 2.18. The van der Waals surface area contributed by atoms with Crippen LogP contribution in [0.2, 0.25) is 0 Å². The van der Waals surface area contributed by atoms with E-state index in [0.717, 1.165) is 24.3 Å². The Hall–Kier alpha value is -2.99. The summed E-state index contributed by atoms with van der Waals surface area (Å²) < 4.78 is 42.3. The third-order valence-electron chi connectivity index (χ3n) is 5.09. The van der Waals surface area contributed by atoms with Crippen molar-refractivity contribution in [3.63, 3.8) is 0 Å². The van der Waals surface area contributed by atoms with E-state index in [0.29, 0.717) is 12.2 Å². The van der Waals surface area contributed by atoms with Crippen LogP contribution >= 0.6 is 0 Å². The molecular weight excluding hydrogens is 441 g/mol. The molecule has 0 radical (unpaired) electrons. The predicted molar refractivity (Wildman–Crippen MR) is 110 cm³/mol. The number of Topliss-reactive ketones (excluding diaryl/α,β-unsaturated/α-hetero) is 2. The van der Waals surface area contributed by atoms with Crippen LogP contribution in [0.1, 0.15) is 26.1 Å². The quantitative estimate of drug-likeness (QED) is 0.558. The van der Waals surface area contributed by atoms with Gasteiger partial charge in [0.2, 0.25) is 15.8 Å². The van der Waals surface area contributed by atoms with Crippen molar-refractivity contribution in [2.45, 2.75) is 44.2 Å². The lowest BCUT2D eigenvalue weighted by atomic mass is 9.90. The maximum absolute atomic E-state index is 13.1. The first kappa shape index (κ1) is 23.7. The molecule has 3 rings (SSSR count). The average molecular weight is 466 g/mol. The van der Waals surface area contributed by atoms with Crippen molar-refractivity contribution in [1.29, 1.82) is 0 Å². The van der Waals surface area contributed by atoms with Gasteiger partial charge in [0.15, 0.2) is 11.6 Å². The van der Waals surface area contributed by atoms with Crippen molar-refractivity contribution < 1.29 is 27.2 Å². The first-order valence-electron chi connectivity index (χ1n) is 10.1. The molecule has 1 aliphatic rings. The number of halogens is 1. The number of hydrogen-bond donors (Lipinski definition) is 2. The predicted octanol–water partition coefficient (Wildman–Crippen LogP) is 0.237. The van der Waals surface area contributed by atoms with Crippen LogP contribution in [0.5, 0.6) is 0 Å². The first-order chi connectivity index (χ1) is 15.1. The molecule has 1 aromatic heterocycles. The van der Waals surface area contributed by atoms with Crippen molar-refractivity contribution in [3.05, 3.63) is 42.2 Å². The summed E-state index contributed by atoms with van der Waals surface area (Å²) in [4.78, 5) is 41.8. The number of sulfonamides is 1. The number of fused-ring (bicyclic) bond motifs is 2. The fraction of sp³-hybridized carbons (Fsp3) is 0.450. The Morgan fingerprint density at radius 1 is 1.28 bits per heavy atom. The summed E-state index contributed by atoms with van der Waals surface area (Å²) in [6.45, 7) is 3.45. The number of amides is 1. The Balaban J connectivity index is 1.81.